The van der Waals surface area contributed by atoms with E-state index in [4.69, 9.17) is 4.74 Å². The molecule has 0 radical (unpaired) electrons. The number of aryl methyl sites for hydroxylation is 1. The van der Waals surface area contributed by atoms with Crippen LogP contribution in [-0.4, -0.2) is 48.3 Å². The maximum atomic E-state index is 13.0. The topological polar surface area (TPSA) is 64.4 Å². The van der Waals surface area contributed by atoms with Crippen molar-refractivity contribution in [1.29, 1.82) is 0 Å². The van der Waals surface area contributed by atoms with Gasteiger partial charge in [-0.1, -0.05) is 6.92 Å². The van der Waals surface area contributed by atoms with Crippen LogP contribution in [0.1, 0.15) is 51.0 Å². The molecule has 0 unspecified atom stereocenters. The summed E-state index contributed by atoms with van der Waals surface area (Å²) in [6.07, 6.45) is 1.94. The van der Waals surface area contributed by atoms with E-state index in [-0.39, 0.29) is 12.1 Å². The van der Waals surface area contributed by atoms with Gasteiger partial charge in [-0.05, 0) is 40.5 Å². The SMILES string of the molecule is CCN(C[C@H]1CCCO1)S(=O)(=O)c1c(C)nn(C(C)C)c1C. The number of aromatic nitrogens is 2. The summed E-state index contributed by atoms with van der Waals surface area (Å²) in [4.78, 5) is 0.348. The maximum absolute atomic E-state index is 13.0. The molecule has 126 valence electrons. The van der Waals surface area contributed by atoms with Crippen LogP contribution in [0.15, 0.2) is 4.90 Å². The molecule has 6 nitrogen and oxygen atoms in total. The summed E-state index contributed by atoms with van der Waals surface area (Å²) in [5.74, 6) is 0. The number of ether oxygens (including phenoxy) is 1. The molecular weight excluding hydrogens is 302 g/mol. The Labute approximate surface area is 133 Å². The number of hydrogen-bond donors (Lipinski definition) is 0. The van der Waals surface area contributed by atoms with E-state index in [0.717, 1.165) is 19.4 Å². The predicted octanol–water partition coefficient (Wildman–Crippen LogP) is 2.27. The third-order valence-corrected chi connectivity index (χ3v) is 6.32. The first-order valence-electron chi connectivity index (χ1n) is 7.96. The van der Waals surface area contributed by atoms with Crippen molar-refractivity contribution in [1.82, 2.24) is 14.1 Å². The summed E-state index contributed by atoms with van der Waals surface area (Å²) in [6.45, 7) is 11.0. The molecule has 0 aromatic carbocycles. The smallest absolute Gasteiger partial charge is 0.246 e. The van der Waals surface area contributed by atoms with Crippen molar-refractivity contribution in [3.05, 3.63) is 11.4 Å². The van der Waals surface area contributed by atoms with Crippen LogP contribution in [0.25, 0.3) is 0 Å². The van der Waals surface area contributed by atoms with Crippen molar-refractivity contribution in [3.63, 3.8) is 0 Å². The highest BCUT2D eigenvalue weighted by molar-refractivity contribution is 7.89. The van der Waals surface area contributed by atoms with Gasteiger partial charge in [-0.2, -0.15) is 9.40 Å². The lowest BCUT2D eigenvalue weighted by atomic mass is 10.2. The minimum atomic E-state index is -3.54. The van der Waals surface area contributed by atoms with Crippen molar-refractivity contribution in [2.75, 3.05) is 19.7 Å². The molecule has 2 heterocycles. The Hall–Kier alpha value is -0.920. The fraction of sp³-hybridized carbons (Fsp3) is 0.800. The fourth-order valence-electron chi connectivity index (χ4n) is 3.07. The molecule has 0 spiro atoms. The quantitative estimate of drug-likeness (QED) is 0.803. The Balaban J connectivity index is 2.35. The van der Waals surface area contributed by atoms with Gasteiger partial charge in [0.2, 0.25) is 10.0 Å². The normalized spacial score (nSPS) is 19.5. The monoisotopic (exact) mass is 329 g/mol. The van der Waals surface area contributed by atoms with Crippen LogP contribution in [0.2, 0.25) is 0 Å². The second-order valence-electron chi connectivity index (χ2n) is 6.13. The highest BCUT2D eigenvalue weighted by Gasteiger charge is 2.32. The number of rotatable bonds is 6. The lowest BCUT2D eigenvalue weighted by Gasteiger charge is -2.23. The van der Waals surface area contributed by atoms with Crippen LogP contribution in [-0.2, 0) is 14.8 Å². The van der Waals surface area contributed by atoms with Gasteiger partial charge in [-0.3, -0.25) is 4.68 Å². The van der Waals surface area contributed by atoms with Crippen molar-refractivity contribution in [2.45, 2.75) is 64.5 Å². The molecular formula is C15H27N3O3S. The van der Waals surface area contributed by atoms with E-state index in [1.165, 1.54) is 4.31 Å². The minimum Gasteiger partial charge on any atom is -0.377 e. The third-order valence-electron chi connectivity index (χ3n) is 4.13. The lowest BCUT2D eigenvalue weighted by molar-refractivity contribution is 0.0946. The second kappa shape index (κ2) is 6.68. The van der Waals surface area contributed by atoms with E-state index in [0.29, 0.717) is 29.4 Å². The van der Waals surface area contributed by atoms with Gasteiger partial charge in [0.25, 0.3) is 0 Å². The summed E-state index contributed by atoms with van der Waals surface area (Å²) in [5.41, 5.74) is 1.27. The zero-order chi connectivity index (χ0) is 16.5. The predicted molar refractivity (Wildman–Crippen MR) is 85.5 cm³/mol. The lowest BCUT2D eigenvalue weighted by Crippen LogP contribution is -2.37. The van der Waals surface area contributed by atoms with Gasteiger partial charge in [-0.15, -0.1) is 0 Å². The van der Waals surface area contributed by atoms with Crippen LogP contribution < -0.4 is 0 Å². The Morgan fingerprint density at radius 2 is 2.09 bits per heavy atom. The average Bonchev–Trinajstić information content (AvgIpc) is 3.03. The summed E-state index contributed by atoms with van der Waals surface area (Å²) < 4.78 is 35.0. The van der Waals surface area contributed by atoms with Crippen LogP contribution >= 0.6 is 0 Å². The molecule has 22 heavy (non-hydrogen) atoms. The number of likely N-dealkylation sites (N-methyl/N-ethyl adjacent to an activating group) is 1. The highest BCUT2D eigenvalue weighted by atomic mass is 32.2. The maximum Gasteiger partial charge on any atom is 0.246 e. The molecule has 1 aliphatic rings. The van der Waals surface area contributed by atoms with E-state index in [9.17, 15) is 8.42 Å². The van der Waals surface area contributed by atoms with Gasteiger partial charge < -0.3 is 4.74 Å². The largest absolute Gasteiger partial charge is 0.377 e. The van der Waals surface area contributed by atoms with E-state index in [1.54, 1.807) is 11.6 Å². The van der Waals surface area contributed by atoms with Crippen LogP contribution in [0.5, 0.6) is 0 Å². The molecule has 0 aliphatic carbocycles. The zero-order valence-corrected chi connectivity index (χ0v) is 15.0. The first-order valence-corrected chi connectivity index (χ1v) is 9.40. The molecule has 0 N–H and O–H groups in total. The number of hydrogen-bond acceptors (Lipinski definition) is 4. The Morgan fingerprint density at radius 1 is 1.41 bits per heavy atom. The van der Waals surface area contributed by atoms with E-state index in [1.807, 2.05) is 27.7 Å². The van der Waals surface area contributed by atoms with Gasteiger partial charge in [0.1, 0.15) is 4.90 Å². The molecule has 1 aliphatic heterocycles. The van der Waals surface area contributed by atoms with Crippen molar-refractivity contribution in [3.8, 4) is 0 Å². The zero-order valence-electron chi connectivity index (χ0n) is 14.2. The van der Waals surface area contributed by atoms with E-state index in [2.05, 4.69) is 5.10 Å². The molecule has 7 heteroatoms. The Morgan fingerprint density at radius 3 is 2.55 bits per heavy atom. The second-order valence-corrected chi connectivity index (χ2v) is 8.00. The van der Waals surface area contributed by atoms with E-state index < -0.39 is 10.0 Å². The molecule has 0 saturated carbocycles. The summed E-state index contributed by atoms with van der Waals surface area (Å²) >= 11 is 0. The third kappa shape index (κ3) is 3.21. The minimum absolute atomic E-state index is 0.00970. The van der Waals surface area contributed by atoms with Gasteiger partial charge in [-0.25, -0.2) is 8.42 Å². The van der Waals surface area contributed by atoms with Gasteiger partial charge in [0.05, 0.1) is 17.5 Å². The highest BCUT2D eigenvalue weighted by Crippen LogP contribution is 2.26. The molecule has 1 fully saturated rings. The van der Waals surface area contributed by atoms with Gasteiger partial charge >= 0.3 is 0 Å². The van der Waals surface area contributed by atoms with Crippen LogP contribution in [0.4, 0.5) is 0 Å². The molecule has 2 rings (SSSR count). The number of nitrogens with zero attached hydrogens (tertiary/aromatic N) is 3. The van der Waals surface area contributed by atoms with E-state index >= 15 is 0 Å². The van der Waals surface area contributed by atoms with Crippen LogP contribution in [0, 0.1) is 13.8 Å². The molecule has 1 atom stereocenters. The van der Waals surface area contributed by atoms with Gasteiger partial charge in [0, 0.05) is 25.7 Å². The molecule has 1 saturated heterocycles. The Kier molecular flexibility index (Phi) is 5.29. The first-order chi connectivity index (χ1) is 10.3. The first kappa shape index (κ1) is 17.4. The molecule has 0 bridgehead atoms. The van der Waals surface area contributed by atoms with Crippen molar-refractivity contribution >= 4 is 10.0 Å². The molecule has 1 aromatic rings. The fourth-order valence-corrected chi connectivity index (χ4v) is 4.91. The van der Waals surface area contributed by atoms with Crippen molar-refractivity contribution in [2.24, 2.45) is 0 Å². The van der Waals surface area contributed by atoms with Gasteiger partial charge in [0.15, 0.2) is 0 Å². The molecule has 0 amide bonds. The van der Waals surface area contributed by atoms with Crippen LogP contribution in [0.3, 0.4) is 0 Å². The Bertz CT molecular complexity index is 616. The summed E-state index contributed by atoms with van der Waals surface area (Å²) in [5, 5.41) is 4.40. The summed E-state index contributed by atoms with van der Waals surface area (Å²) in [6, 6.07) is 0.135. The number of sulfonamides is 1. The summed E-state index contributed by atoms with van der Waals surface area (Å²) in [7, 11) is -3.54. The average molecular weight is 329 g/mol. The molecule has 1 aromatic heterocycles. The standard InChI is InChI=1S/C15H27N3O3S/c1-6-17(10-14-8-7-9-21-14)22(19,20)15-12(4)16-18(11(2)3)13(15)5/h11,14H,6-10H2,1-5H3/t14-/m1/s1. The van der Waals surface area contributed by atoms with Crippen molar-refractivity contribution < 1.29 is 13.2 Å².